The zero-order valence-electron chi connectivity index (χ0n) is 23.6. The van der Waals surface area contributed by atoms with E-state index in [1.54, 1.807) is 0 Å². The van der Waals surface area contributed by atoms with Gasteiger partial charge in [0.05, 0.1) is 0 Å². The first kappa shape index (κ1) is 24.0. The van der Waals surface area contributed by atoms with Gasteiger partial charge in [-0.2, -0.15) is 0 Å². The molecule has 0 N–H and O–H groups in total. The molecule has 41 heavy (non-hydrogen) atoms. The average molecular weight is 526 g/mol. The standard InChI is InChI=1S/C40H31N/c1-26-17-20-29(21-18-26)41(28-12-5-4-6-13-28)30-22-23-34-35(25-30)32-15-9-10-16-33(32)38-37-31-14-8-7-11-27(31)19-24-36(37)40(2,3)39(34)38/h4-25H,1-3H3. The number of hydrogen-bond donors (Lipinski definition) is 0. The monoisotopic (exact) mass is 525 g/mol. The summed E-state index contributed by atoms with van der Waals surface area (Å²) in [5, 5.41) is 7.91. The lowest BCUT2D eigenvalue weighted by molar-refractivity contribution is 0.667. The smallest absolute Gasteiger partial charge is 0.0468 e. The molecular formula is C40H31N. The van der Waals surface area contributed by atoms with Crippen LogP contribution in [0.2, 0.25) is 0 Å². The van der Waals surface area contributed by atoms with Gasteiger partial charge in [-0.15, -0.1) is 0 Å². The molecule has 8 rings (SSSR count). The van der Waals surface area contributed by atoms with Crippen molar-refractivity contribution in [3.63, 3.8) is 0 Å². The van der Waals surface area contributed by atoms with Crippen LogP contribution in [0.15, 0.2) is 133 Å². The number of fused-ring (bicyclic) bond motifs is 10. The minimum Gasteiger partial charge on any atom is -0.310 e. The molecule has 0 amide bonds. The van der Waals surface area contributed by atoms with Crippen LogP contribution in [-0.2, 0) is 5.41 Å². The van der Waals surface area contributed by atoms with E-state index < -0.39 is 0 Å². The second-order valence-corrected chi connectivity index (χ2v) is 11.9. The summed E-state index contributed by atoms with van der Waals surface area (Å²) < 4.78 is 0. The number of anilines is 3. The first-order chi connectivity index (χ1) is 20.0. The number of benzene rings is 7. The van der Waals surface area contributed by atoms with E-state index in [9.17, 15) is 0 Å². The van der Waals surface area contributed by atoms with Gasteiger partial charge in [0.2, 0.25) is 0 Å². The molecule has 1 aliphatic carbocycles. The van der Waals surface area contributed by atoms with Gasteiger partial charge in [0.15, 0.2) is 0 Å². The first-order valence-corrected chi connectivity index (χ1v) is 14.5. The summed E-state index contributed by atoms with van der Waals surface area (Å²) >= 11 is 0. The van der Waals surface area contributed by atoms with E-state index in [1.165, 1.54) is 60.1 Å². The van der Waals surface area contributed by atoms with Crippen molar-refractivity contribution in [2.45, 2.75) is 26.2 Å². The molecule has 0 unspecified atom stereocenters. The Bertz CT molecular complexity index is 2120. The highest BCUT2D eigenvalue weighted by molar-refractivity contribution is 6.21. The number of nitrogens with zero attached hydrogens (tertiary/aromatic N) is 1. The molecule has 0 heterocycles. The van der Waals surface area contributed by atoms with Gasteiger partial charge in [-0.05, 0) is 97.9 Å². The van der Waals surface area contributed by atoms with Crippen LogP contribution in [0.5, 0.6) is 0 Å². The third kappa shape index (κ3) is 3.49. The lowest BCUT2D eigenvalue weighted by Crippen LogP contribution is -2.16. The van der Waals surface area contributed by atoms with E-state index in [4.69, 9.17) is 0 Å². The molecular weight excluding hydrogens is 494 g/mol. The maximum absolute atomic E-state index is 2.40. The Balaban J connectivity index is 1.46. The molecule has 196 valence electrons. The zero-order valence-corrected chi connectivity index (χ0v) is 23.6. The summed E-state index contributed by atoms with van der Waals surface area (Å²) in [5.74, 6) is 0. The van der Waals surface area contributed by atoms with Crippen molar-refractivity contribution < 1.29 is 0 Å². The van der Waals surface area contributed by atoms with Crippen LogP contribution in [0.4, 0.5) is 17.1 Å². The van der Waals surface area contributed by atoms with Gasteiger partial charge in [-0.3, -0.25) is 0 Å². The fourth-order valence-corrected chi connectivity index (χ4v) is 7.14. The highest BCUT2D eigenvalue weighted by Crippen LogP contribution is 2.56. The SMILES string of the molecule is Cc1ccc(N(c2ccccc2)c2ccc3c4c(c5ccccc5c3c2)-c2c(ccc3ccccc23)C4(C)C)cc1. The summed E-state index contributed by atoms with van der Waals surface area (Å²) in [5.41, 5.74) is 10.3. The topological polar surface area (TPSA) is 3.24 Å². The Kier molecular flexibility index (Phi) is 5.15. The highest BCUT2D eigenvalue weighted by atomic mass is 15.1. The van der Waals surface area contributed by atoms with E-state index in [1.807, 2.05) is 0 Å². The second kappa shape index (κ2) is 8.81. The maximum atomic E-state index is 2.40. The molecule has 0 saturated carbocycles. The largest absolute Gasteiger partial charge is 0.310 e. The Morgan fingerprint density at radius 3 is 1.88 bits per heavy atom. The van der Waals surface area contributed by atoms with Crippen molar-refractivity contribution in [1.82, 2.24) is 0 Å². The third-order valence-electron chi connectivity index (χ3n) is 9.05. The molecule has 1 heteroatoms. The van der Waals surface area contributed by atoms with Gasteiger partial charge >= 0.3 is 0 Å². The molecule has 0 bridgehead atoms. The van der Waals surface area contributed by atoms with Crippen molar-refractivity contribution in [2.75, 3.05) is 4.90 Å². The van der Waals surface area contributed by atoms with Crippen LogP contribution in [-0.4, -0.2) is 0 Å². The number of para-hydroxylation sites is 1. The average Bonchev–Trinajstić information content (AvgIpc) is 3.26. The Morgan fingerprint density at radius 2 is 1.10 bits per heavy atom. The van der Waals surface area contributed by atoms with Crippen molar-refractivity contribution in [2.24, 2.45) is 0 Å². The molecule has 0 saturated heterocycles. The van der Waals surface area contributed by atoms with Gasteiger partial charge in [0.25, 0.3) is 0 Å². The number of hydrogen-bond acceptors (Lipinski definition) is 1. The summed E-state index contributed by atoms with van der Waals surface area (Å²) in [6.45, 7) is 6.94. The van der Waals surface area contributed by atoms with Crippen LogP contribution in [0, 0.1) is 6.92 Å². The van der Waals surface area contributed by atoms with E-state index in [-0.39, 0.29) is 5.41 Å². The van der Waals surface area contributed by atoms with Gasteiger partial charge in [0, 0.05) is 22.5 Å². The van der Waals surface area contributed by atoms with Gasteiger partial charge in [-0.1, -0.05) is 116 Å². The van der Waals surface area contributed by atoms with E-state index in [0.29, 0.717) is 0 Å². The summed E-state index contributed by atoms with van der Waals surface area (Å²) in [6, 6.07) is 49.1. The Labute approximate surface area is 241 Å². The predicted molar refractivity (Wildman–Crippen MR) is 176 cm³/mol. The molecule has 0 aliphatic heterocycles. The van der Waals surface area contributed by atoms with Crippen molar-refractivity contribution in [1.29, 1.82) is 0 Å². The van der Waals surface area contributed by atoms with Crippen LogP contribution in [0.25, 0.3) is 43.4 Å². The van der Waals surface area contributed by atoms with E-state index in [0.717, 1.165) is 17.1 Å². The van der Waals surface area contributed by atoms with Gasteiger partial charge in [0.1, 0.15) is 0 Å². The molecule has 1 nitrogen and oxygen atoms in total. The van der Waals surface area contributed by atoms with Crippen molar-refractivity contribution in [3.8, 4) is 11.1 Å². The lowest BCUT2D eigenvalue weighted by atomic mass is 9.79. The van der Waals surface area contributed by atoms with Gasteiger partial charge < -0.3 is 4.90 Å². The molecule has 7 aromatic rings. The first-order valence-electron chi connectivity index (χ1n) is 14.5. The van der Waals surface area contributed by atoms with Crippen LogP contribution in [0.3, 0.4) is 0 Å². The van der Waals surface area contributed by atoms with Crippen molar-refractivity contribution in [3.05, 3.63) is 150 Å². The fourth-order valence-electron chi connectivity index (χ4n) is 7.14. The lowest BCUT2D eigenvalue weighted by Gasteiger charge is -2.28. The third-order valence-corrected chi connectivity index (χ3v) is 9.05. The molecule has 0 radical (unpaired) electrons. The maximum Gasteiger partial charge on any atom is 0.0468 e. The van der Waals surface area contributed by atoms with Crippen LogP contribution < -0.4 is 4.90 Å². The Morgan fingerprint density at radius 1 is 0.463 bits per heavy atom. The minimum absolute atomic E-state index is 0.116. The van der Waals surface area contributed by atoms with Crippen molar-refractivity contribution >= 4 is 49.4 Å². The molecule has 0 fully saturated rings. The van der Waals surface area contributed by atoms with Gasteiger partial charge in [-0.25, -0.2) is 0 Å². The fraction of sp³-hybridized carbons (Fsp3) is 0.100. The van der Waals surface area contributed by atoms with Crippen LogP contribution >= 0.6 is 0 Å². The molecule has 0 aromatic heterocycles. The van der Waals surface area contributed by atoms with Crippen LogP contribution in [0.1, 0.15) is 30.5 Å². The normalized spacial score (nSPS) is 13.4. The summed E-state index contributed by atoms with van der Waals surface area (Å²) in [7, 11) is 0. The zero-order chi connectivity index (χ0) is 27.7. The van der Waals surface area contributed by atoms with E-state index in [2.05, 4.69) is 159 Å². The number of rotatable bonds is 3. The second-order valence-electron chi connectivity index (χ2n) is 11.9. The molecule has 0 spiro atoms. The highest BCUT2D eigenvalue weighted by Gasteiger charge is 2.39. The predicted octanol–water partition coefficient (Wildman–Crippen LogP) is 11.2. The minimum atomic E-state index is -0.116. The number of aryl methyl sites for hydroxylation is 1. The molecule has 0 atom stereocenters. The quantitative estimate of drug-likeness (QED) is 0.207. The summed E-state index contributed by atoms with van der Waals surface area (Å²) in [4.78, 5) is 2.37. The molecule has 7 aromatic carbocycles. The summed E-state index contributed by atoms with van der Waals surface area (Å²) in [6.07, 6.45) is 0. The van der Waals surface area contributed by atoms with E-state index >= 15 is 0 Å². The molecule has 1 aliphatic rings. The Hall–Kier alpha value is -4.88.